The Morgan fingerprint density at radius 1 is 1.04 bits per heavy atom. The van der Waals surface area contributed by atoms with E-state index in [1.54, 1.807) is 24.3 Å². The van der Waals surface area contributed by atoms with E-state index in [0.717, 1.165) is 5.56 Å². The zero-order valence-corrected chi connectivity index (χ0v) is 14.7. The number of nitrogens with one attached hydrogen (secondary N) is 2. The predicted octanol–water partition coefficient (Wildman–Crippen LogP) is 3.70. The highest BCUT2D eigenvalue weighted by molar-refractivity contribution is 6.31. The monoisotopic (exact) mass is 399 g/mol. The molecule has 4 rings (SSSR count). The van der Waals surface area contributed by atoms with Crippen molar-refractivity contribution in [2.75, 3.05) is 10.7 Å². The van der Waals surface area contributed by atoms with Crippen LogP contribution in [0.4, 0.5) is 21.7 Å². The number of aromatic nitrogens is 4. The topological polar surface area (TPSA) is 121 Å². The molecule has 11 heteroatoms. The predicted molar refractivity (Wildman–Crippen MR) is 101 cm³/mol. The molecule has 2 heterocycles. The molecule has 2 aromatic carbocycles. The van der Waals surface area contributed by atoms with E-state index >= 15 is 0 Å². The van der Waals surface area contributed by atoms with E-state index in [-0.39, 0.29) is 33.7 Å². The summed E-state index contributed by atoms with van der Waals surface area (Å²) >= 11 is 5.81. The van der Waals surface area contributed by atoms with Crippen LogP contribution in [0.2, 0.25) is 5.02 Å². The average Bonchev–Trinajstić information content (AvgIpc) is 3.13. The molecule has 0 fully saturated rings. The van der Waals surface area contributed by atoms with Gasteiger partial charge in [-0.2, -0.15) is 10.1 Å². The Morgan fingerprint density at radius 2 is 1.75 bits per heavy atom. The van der Waals surface area contributed by atoms with Gasteiger partial charge < -0.3 is 10.4 Å². The van der Waals surface area contributed by atoms with Crippen LogP contribution in [0.5, 0.6) is 5.75 Å². The van der Waals surface area contributed by atoms with Crippen molar-refractivity contribution in [2.24, 2.45) is 5.10 Å². The molecule has 0 aliphatic carbocycles. The van der Waals surface area contributed by atoms with Crippen LogP contribution in [-0.2, 0) is 0 Å². The minimum absolute atomic E-state index is 0.0398. The summed E-state index contributed by atoms with van der Waals surface area (Å²) in [6.45, 7) is 0. The van der Waals surface area contributed by atoms with E-state index < -0.39 is 5.82 Å². The van der Waals surface area contributed by atoms with Crippen LogP contribution in [0, 0.1) is 5.82 Å². The average molecular weight is 400 g/mol. The van der Waals surface area contributed by atoms with Gasteiger partial charge in [0.1, 0.15) is 11.6 Å². The van der Waals surface area contributed by atoms with Gasteiger partial charge in [0, 0.05) is 5.69 Å². The van der Waals surface area contributed by atoms with Gasteiger partial charge in [0.25, 0.3) is 0 Å². The summed E-state index contributed by atoms with van der Waals surface area (Å²) in [5.41, 5.74) is 4.37. The zero-order chi connectivity index (χ0) is 19.5. The molecule has 0 radical (unpaired) electrons. The van der Waals surface area contributed by atoms with E-state index in [2.05, 4.69) is 40.8 Å². The first-order valence-electron chi connectivity index (χ1n) is 7.89. The van der Waals surface area contributed by atoms with E-state index in [0.29, 0.717) is 5.69 Å². The van der Waals surface area contributed by atoms with Gasteiger partial charge in [-0.25, -0.2) is 14.0 Å². The number of aromatic hydroxyl groups is 1. The molecule has 28 heavy (non-hydrogen) atoms. The maximum Gasteiger partial charge on any atom is 0.245 e. The van der Waals surface area contributed by atoms with Crippen LogP contribution < -0.4 is 10.7 Å². The third-order valence-electron chi connectivity index (χ3n) is 3.57. The third-order valence-corrected chi connectivity index (χ3v) is 3.86. The van der Waals surface area contributed by atoms with Crippen molar-refractivity contribution in [1.29, 1.82) is 0 Å². The molecular formula is C17H11ClFN7O2. The molecule has 0 aliphatic heterocycles. The zero-order valence-electron chi connectivity index (χ0n) is 14.0. The molecule has 3 N–H and O–H groups in total. The molecule has 0 saturated carbocycles. The summed E-state index contributed by atoms with van der Waals surface area (Å²) in [5.74, 6) is 0.114. The highest BCUT2D eigenvalue weighted by Gasteiger charge is 2.13. The number of hydrogen-bond donors (Lipinski definition) is 3. The lowest BCUT2D eigenvalue weighted by molar-refractivity contribution is 0.314. The van der Waals surface area contributed by atoms with E-state index in [1.807, 2.05) is 0 Å². The maximum absolute atomic E-state index is 13.4. The second-order valence-electron chi connectivity index (χ2n) is 5.55. The Bertz CT molecular complexity index is 1160. The number of hydrazone groups is 1. The number of rotatable bonds is 5. The van der Waals surface area contributed by atoms with Crippen LogP contribution in [0.1, 0.15) is 5.56 Å². The second-order valence-corrected chi connectivity index (χ2v) is 5.95. The molecule has 0 unspecified atom stereocenters. The first-order chi connectivity index (χ1) is 13.6. The summed E-state index contributed by atoms with van der Waals surface area (Å²) < 4.78 is 18.0. The fourth-order valence-corrected chi connectivity index (χ4v) is 2.42. The molecule has 0 atom stereocenters. The highest BCUT2D eigenvalue weighted by Crippen LogP contribution is 2.26. The Balaban J connectivity index is 1.62. The lowest BCUT2D eigenvalue weighted by atomic mass is 10.2. The second kappa shape index (κ2) is 7.45. The number of anilines is 3. The van der Waals surface area contributed by atoms with E-state index in [9.17, 15) is 9.50 Å². The highest BCUT2D eigenvalue weighted by atomic mass is 35.5. The van der Waals surface area contributed by atoms with Gasteiger partial charge in [0.2, 0.25) is 11.3 Å². The number of phenolic OH excluding ortho intramolecular Hbond substituents is 1. The summed E-state index contributed by atoms with van der Waals surface area (Å²) in [6.07, 6.45) is 1.53. The largest absolute Gasteiger partial charge is 0.508 e. The van der Waals surface area contributed by atoms with Crippen molar-refractivity contribution in [3.8, 4) is 5.75 Å². The molecular weight excluding hydrogens is 389 g/mol. The molecule has 0 bridgehead atoms. The first kappa shape index (κ1) is 17.6. The molecule has 9 nitrogen and oxygen atoms in total. The van der Waals surface area contributed by atoms with Crippen LogP contribution in [0.3, 0.4) is 0 Å². The molecule has 140 valence electrons. The van der Waals surface area contributed by atoms with Crippen molar-refractivity contribution in [1.82, 2.24) is 20.3 Å². The fourth-order valence-electron chi connectivity index (χ4n) is 2.24. The van der Waals surface area contributed by atoms with Crippen LogP contribution >= 0.6 is 11.6 Å². The lowest BCUT2D eigenvalue weighted by Crippen LogP contribution is -2.03. The Kier molecular flexibility index (Phi) is 4.68. The fraction of sp³-hybridized carbons (Fsp3) is 0. The molecule has 4 aromatic rings. The molecule has 0 saturated heterocycles. The number of hydrogen-bond acceptors (Lipinski definition) is 9. The van der Waals surface area contributed by atoms with Gasteiger partial charge >= 0.3 is 0 Å². The molecule has 0 spiro atoms. The minimum atomic E-state index is -0.536. The van der Waals surface area contributed by atoms with Crippen LogP contribution in [0.25, 0.3) is 11.3 Å². The number of benzene rings is 2. The van der Waals surface area contributed by atoms with Crippen molar-refractivity contribution in [3.05, 3.63) is 58.9 Å². The SMILES string of the molecule is Oc1ccc(C=NNc2nc3nonc3nc2Nc2ccc(F)c(Cl)c2)cc1. The summed E-state index contributed by atoms with van der Waals surface area (Å²) in [6, 6.07) is 10.6. The summed E-state index contributed by atoms with van der Waals surface area (Å²) in [4.78, 5) is 8.52. The number of nitrogens with zero attached hydrogens (tertiary/aromatic N) is 5. The van der Waals surface area contributed by atoms with Gasteiger partial charge in [-0.05, 0) is 58.3 Å². The molecule has 0 amide bonds. The third kappa shape index (κ3) is 3.81. The van der Waals surface area contributed by atoms with Crippen LogP contribution in [-0.4, -0.2) is 31.6 Å². The Morgan fingerprint density at radius 3 is 2.46 bits per heavy atom. The van der Waals surface area contributed by atoms with Gasteiger partial charge in [-0.1, -0.05) is 11.6 Å². The van der Waals surface area contributed by atoms with E-state index in [4.69, 9.17) is 11.6 Å². The molecule has 2 aromatic heterocycles. The van der Waals surface area contributed by atoms with Crippen LogP contribution in [0.15, 0.2) is 52.2 Å². The minimum Gasteiger partial charge on any atom is -0.508 e. The number of halogens is 2. The van der Waals surface area contributed by atoms with Crippen molar-refractivity contribution >= 4 is 46.4 Å². The normalized spacial score (nSPS) is 11.2. The van der Waals surface area contributed by atoms with Crippen molar-refractivity contribution in [2.45, 2.75) is 0 Å². The van der Waals surface area contributed by atoms with Gasteiger partial charge in [0.05, 0.1) is 11.2 Å². The first-order valence-corrected chi connectivity index (χ1v) is 8.27. The number of phenols is 1. The van der Waals surface area contributed by atoms with E-state index in [1.165, 1.54) is 24.4 Å². The van der Waals surface area contributed by atoms with Crippen molar-refractivity contribution < 1.29 is 14.1 Å². The van der Waals surface area contributed by atoms with Gasteiger partial charge in [-0.3, -0.25) is 5.43 Å². The molecule has 0 aliphatic rings. The van der Waals surface area contributed by atoms with Gasteiger partial charge in [0.15, 0.2) is 11.6 Å². The quantitative estimate of drug-likeness (QED) is 0.343. The summed E-state index contributed by atoms with van der Waals surface area (Å²) in [5, 5.41) is 23.7. The van der Waals surface area contributed by atoms with Gasteiger partial charge in [-0.15, -0.1) is 0 Å². The number of fused-ring (bicyclic) bond motifs is 1. The smallest absolute Gasteiger partial charge is 0.245 e. The Labute approximate surface area is 161 Å². The Hall–Kier alpha value is -3.79. The standard InChI is InChI=1S/C17H11ClFN7O2/c18-12-7-10(3-6-13(12)19)21-14-15(23-17-16(22-14)25-28-26-17)24-20-8-9-1-4-11(27)5-2-9/h1-8,27H,(H,21,22,25)(H,23,24,26). The lowest BCUT2D eigenvalue weighted by Gasteiger charge is -2.09. The summed E-state index contributed by atoms with van der Waals surface area (Å²) in [7, 11) is 0. The maximum atomic E-state index is 13.4. The van der Waals surface area contributed by atoms with Crippen molar-refractivity contribution in [3.63, 3.8) is 0 Å².